The summed E-state index contributed by atoms with van der Waals surface area (Å²) in [5.74, 6) is -1.11. The van der Waals surface area contributed by atoms with Crippen LogP contribution in [0.4, 0.5) is 8.78 Å². The van der Waals surface area contributed by atoms with Crippen LogP contribution in [0.1, 0.15) is 42.4 Å². The summed E-state index contributed by atoms with van der Waals surface area (Å²) in [6.45, 7) is 3.29. The van der Waals surface area contributed by atoms with Crippen LogP contribution < -0.4 is 4.74 Å². The van der Waals surface area contributed by atoms with E-state index in [0.29, 0.717) is 18.6 Å². The number of hydrogen-bond acceptors (Lipinski definition) is 6. The van der Waals surface area contributed by atoms with Crippen molar-refractivity contribution < 1.29 is 28.2 Å². The summed E-state index contributed by atoms with van der Waals surface area (Å²) >= 11 is 0. The second-order valence-electron chi connectivity index (χ2n) is 5.94. The molecule has 0 saturated carbocycles. The van der Waals surface area contributed by atoms with Crippen LogP contribution in [-0.2, 0) is 4.74 Å². The van der Waals surface area contributed by atoms with Crippen molar-refractivity contribution in [2.75, 3.05) is 6.61 Å². The zero-order valence-corrected chi connectivity index (χ0v) is 15.0. The third kappa shape index (κ3) is 6.65. The molecule has 0 unspecified atom stereocenters. The van der Waals surface area contributed by atoms with Gasteiger partial charge >= 0.3 is 5.97 Å². The van der Waals surface area contributed by atoms with Gasteiger partial charge in [-0.15, -0.1) is 0 Å². The molecule has 144 valence electrons. The second-order valence-corrected chi connectivity index (χ2v) is 5.94. The lowest BCUT2D eigenvalue weighted by Crippen LogP contribution is -2.11. The van der Waals surface area contributed by atoms with E-state index in [9.17, 15) is 18.7 Å². The summed E-state index contributed by atoms with van der Waals surface area (Å²) in [4.78, 5) is 19.6. The lowest BCUT2D eigenvalue weighted by molar-refractivity contribution is 0.0481. The third-order valence-electron chi connectivity index (χ3n) is 3.59. The average molecular weight is 378 g/mol. The molecular weight excluding hydrogens is 358 g/mol. The van der Waals surface area contributed by atoms with Crippen molar-refractivity contribution in [3.05, 3.63) is 53.4 Å². The normalized spacial score (nSPS) is 10.4. The maximum Gasteiger partial charge on any atom is 0.376 e. The highest BCUT2D eigenvalue weighted by Gasteiger charge is 2.15. The molecule has 0 saturated heterocycles. The highest BCUT2D eigenvalue weighted by molar-refractivity contribution is 5.85. The first kappa shape index (κ1) is 20.3. The number of allylic oxidation sites excluding steroid dienone is 1. The van der Waals surface area contributed by atoms with Crippen LogP contribution in [-0.4, -0.2) is 27.7 Å². The topological polar surface area (TPSA) is 81.5 Å². The summed E-state index contributed by atoms with van der Waals surface area (Å²) in [5.41, 5.74) is 0.999. The van der Waals surface area contributed by atoms with Crippen LogP contribution in [0.3, 0.4) is 0 Å². The van der Waals surface area contributed by atoms with Gasteiger partial charge in [0.2, 0.25) is 17.6 Å². The third-order valence-corrected chi connectivity index (χ3v) is 3.59. The molecule has 0 amide bonds. The van der Waals surface area contributed by atoms with Gasteiger partial charge in [-0.2, -0.15) is 18.7 Å². The van der Waals surface area contributed by atoms with Gasteiger partial charge in [-0.05, 0) is 56.4 Å². The number of carbonyl (C=O) groups is 1. The minimum atomic E-state index is -1.68. The van der Waals surface area contributed by atoms with E-state index in [1.54, 1.807) is 18.2 Å². The van der Waals surface area contributed by atoms with Gasteiger partial charge in [0.05, 0.1) is 12.7 Å². The maximum absolute atomic E-state index is 12.3. The van der Waals surface area contributed by atoms with Crippen LogP contribution in [0.5, 0.6) is 17.5 Å². The molecule has 1 N–H and O–H groups in total. The number of ether oxygens (including phenoxy) is 2. The minimum Gasteiger partial charge on any atom is -0.493 e. The molecule has 1 heterocycles. The summed E-state index contributed by atoms with van der Waals surface area (Å²) in [7, 11) is 0. The molecular formula is C19H20F2N2O4. The smallest absolute Gasteiger partial charge is 0.376 e. The van der Waals surface area contributed by atoms with Crippen LogP contribution in [0, 0.1) is 6.92 Å². The summed E-state index contributed by atoms with van der Waals surface area (Å²) < 4.78 is 35.1. The Hall–Kier alpha value is -3.03. The van der Waals surface area contributed by atoms with Crippen LogP contribution in [0.25, 0.3) is 0 Å². The van der Waals surface area contributed by atoms with Crippen LogP contribution in [0.15, 0.2) is 42.0 Å². The minimum absolute atomic E-state index is 0.000710. The van der Waals surface area contributed by atoms with E-state index >= 15 is 0 Å². The molecule has 0 spiro atoms. The Morgan fingerprint density at radius 3 is 2.67 bits per heavy atom. The quantitative estimate of drug-likeness (QED) is 0.526. The van der Waals surface area contributed by atoms with E-state index in [-0.39, 0.29) is 30.3 Å². The number of benzene rings is 1. The first-order chi connectivity index (χ1) is 12.8. The average Bonchev–Trinajstić information content (AvgIpc) is 2.60. The van der Waals surface area contributed by atoms with Crippen molar-refractivity contribution in [1.29, 1.82) is 0 Å². The predicted octanol–water partition coefficient (Wildman–Crippen LogP) is 4.78. The number of aryl methyl sites for hydroxylation is 1. The molecule has 2 aromatic rings. The Morgan fingerprint density at radius 2 is 1.96 bits per heavy atom. The lowest BCUT2D eigenvalue weighted by Gasteiger charge is -2.08. The number of halogens is 2. The Kier molecular flexibility index (Phi) is 7.22. The van der Waals surface area contributed by atoms with Crippen molar-refractivity contribution in [2.45, 2.75) is 33.1 Å². The van der Waals surface area contributed by atoms with E-state index in [0.717, 1.165) is 5.56 Å². The number of nitrogens with zero attached hydrogens (tertiary/aromatic N) is 2. The molecule has 8 heteroatoms. The van der Waals surface area contributed by atoms with Crippen molar-refractivity contribution in [1.82, 2.24) is 9.97 Å². The van der Waals surface area contributed by atoms with E-state index in [4.69, 9.17) is 9.47 Å². The van der Waals surface area contributed by atoms with Crippen molar-refractivity contribution in [3.8, 4) is 17.5 Å². The van der Waals surface area contributed by atoms with Gasteiger partial charge in [-0.3, -0.25) is 0 Å². The number of unbranched alkanes of at least 4 members (excludes halogenated alkanes) is 1. The molecule has 2 rings (SSSR count). The van der Waals surface area contributed by atoms with Gasteiger partial charge in [-0.25, -0.2) is 4.79 Å². The van der Waals surface area contributed by atoms with Crippen molar-refractivity contribution in [2.24, 2.45) is 0 Å². The SMILES string of the molecule is CC(CCCCOC(=O)c1nc(O)cc(Oc2cccc(C)c2)n1)=C(F)F. The highest BCUT2D eigenvalue weighted by Crippen LogP contribution is 2.23. The Bertz CT molecular complexity index is 836. The molecule has 0 bridgehead atoms. The van der Waals surface area contributed by atoms with E-state index in [1.807, 2.05) is 13.0 Å². The number of aromatic hydroxyl groups is 1. The van der Waals surface area contributed by atoms with Gasteiger partial charge < -0.3 is 14.6 Å². The molecule has 0 aliphatic carbocycles. The molecule has 6 nitrogen and oxygen atoms in total. The second kappa shape index (κ2) is 9.61. The molecule has 27 heavy (non-hydrogen) atoms. The van der Waals surface area contributed by atoms with Gasteiger partial charge in [0.15, 0.2) is 0 Å². The largest absolute Gasteiger partial charge is 0.493 e. The van der Waals surface area contributed by atoms with E-state index < -0.39 is 17.9 Å². The highest BCUT2D eigenvalue weighted by atomic mass is 19.3. The Balaban J connectivity index is 1.92. The Morgan fingerprint density at radius 1 is 1.19 bits per heavy atom. The molecule has 0 atom stereocenters. The number of esters is 1. The monoisotopic (exact) mass is 378 g/mol. The number of hydrogen-bond donors (Lipinski definition) is 1. The zero-order valence-electron chi connectivity index (χ0n) is 15.0. The lowest BCUT2D eigenvalue weighted by atomic mass is 10.1. The molecule has 1 aromatic carbocycles. The number of rotatable bonds is 8. The standard InChI is InChI=1S/C19H20F2N2O4/c1-12-6-5-8-14(10-12)27-16-11-15(24)22-18(23-16)19(25)26-9-4-3-7-13(2)17(20)21/h5-6,8,10-11H,3-4,7,9H2,1-2H3,(H,22,23,24). The zero-order chi connectivity index (χ0) is 19.8. The van der Waals surface area contributed by atoms with Crippen LogP contribution >= 0.6 is 0 Å². The van der Waals surface area contributed by atoms with Gasteiger partial charge in [0.25, 0.3) is 6.08 Å². The van der Waals surface area contributed by atoms with Gasteiger partial charge in [0, 0.05) is 0 Å². The summed E-state index contributed by atoms with van der Waals surface area (Å²) in [5, 5.41) is 9.68. The first-order valence-corrected chi connectivity index (χ1v) is 8.35. The molecule has 0 aliphatic heterocycles. The number of carbonyl (C=O) groups excluding carboxylic acids is 1. The molecule has 0 radical (unpaired) electrons. The first-order valence-electron chi connectivity index (χ1n) is 8.35. The summed E-state index contributed by atoms with van der Waals surface area (Å²) in [6.07, 6.45) is -0.570. The fourth-order valence-corrected chi connectivity index (χ4v) is 2.17. The maximum atomic E-state index is 12.3. The molecule has 0 fully saturated rings. The number of aromatic nitrogens is 2. The fourth-order valence-electron chi connectivity index (χ4n) is 2.17. The van der Waals surface area contributed by atoms with E-state index in [2.05, 4.69) is 9.97 Å². The predicted molar refractivity (Wildman–Crippen MR) is 94.0 cm³/mol. The Labute approximate surface area is 155 Å². The van der Waals surface area contributed by atoms with E-state index in [1.165, 1.54) is 13.0 Å². The van der Waals surface area contributed by atoms with Crippen molar-refractivity contribution >= 4 is 5.97 Å². The van der Waals surface area contributed by atoms with Gasteiger partial charge in [-0.1, -0.05) is 12.1 Å². The van der Waals surface area contributed by atoms with Crippen LogP contribution in [0.2, 0.25) is 0 Å². The molecule has 0 aliphatic rings. The fraction of sp³-hybridized carbons (Fsp3) is 0.316. The van der Waals surface area contributed by atoms with Crippen molar-refractivity contribution in [3.63, 3.8) is 0 Å². The summed E-state index contributed by atoms with van der Waals surface area (Å²) in [6, 6.07) is 8.35. The molecule has 1 aromatic heterocycles. The van der Waals surface area contributed by atoms with Gasteiger partial charge in [0.1, 0.15) is 5.75 Å².